The molecule has 0 radical (unpaired) electrons. The summed E-state index contributed by atoms with van der Waals surface area (Å²) in [7, 11) is 1.62. The van der Waals surface area contributed by atoms with Gasteiger partial charge in [-0.05, 0) is 0 Å². The topological polar surface area (TPSA) is 42.0 Å². The molecule has 3 nitrogen and oxygen atoms in total. The van der Waals surface area contributed by atoms with Crippen molar-refractivity contribution in [3.05, 3.63) is 23.9 Å². The standard InChI is InChI=1S/C7H7N2O.3CH3.Sn/c1-8-7(10)6-4-2-3-5-9-6;;;;/h2-4H,1H3,(H,8,10);3*1H3;. The molecule has 4 heteroatoms. The number of nitrogens with zero attached hydrogens (tertiary/aromatic N) is 1. The summed E-state index contributed by atoms with van der Waals surface area (Å²) in [5.41, 5.74) is 0.525. The zero-order valence-corrected chi connectivity index (χ0v) is 11.9. The van der Waals surface area contributed by atoms with Crippen molar-refractivity contribution < 1.29 is 4.79 Å². The van der Waals surface area contributed by atoms with Gasteiger partial charge in [0.1, 0.15) is 0 Å². The Bertz CT molecular complexity index is 344. The fourth-order valence-corrected chi connectivity index (χ4v) is 4.11. The van der Waals surface area contributed by atoms with Gasteiger partial charge in [-0.15, -0.1) is 0 Å². The van der Waals surface area contributed by atoms with Crippen LogP contribution in [0.3, 0.4) is 0 Å². The summed E-state index contributed by atoms with van der Waals surface area (Å²) in [5, 5.41) is 2.58. The molecule has 0 aliphatic carbocycles. The van der Waals surface area contributed by atoms with Gasteiger partial charge in [0, 0.05) is 0 Å². The quantitative estimate of drug-likeness (QED) is 0.827. The number of hydrogen-bond acceptors (Lipinski definition) is 2. The molecule has 0 saturated heterocycles. The fraction of sp³-hybridized carbons (Fsp3) is 0.400. The van der Waals surface area contributed by atoms with E-state index in [9.17, 15) is 4.79 Å². The van der Waals surface area contributed by atoms with Crippen LogP contribution in [0, 0.1) is 0 Å². The molecule has 1 aromatic heterocycles. The summed E-state index contributed by atoms with van der Waals surface area (Å²) < 4.78 is 1.14. The maximum absolute atomic E-state index is 11.3. The normalized spacial score (nSPS) is 11.1. The maximum atomic E-state index is 11.3. The molecule has 1 heterocycles. The van der Waals surface area contributed by atoms with Crippen LogP contribution in [0.2, 0.25) is 14.8 Å². The van der Waals surface area contributed by atoms with E-state index >= 15 is 0 Å². The van der Waals surface area contributed by atoms with Gasteiger partial charge in [-0.2, -0.15) is 0 Å². The zero-order valence-electron chi connectivity index (χ0n) is 9.09. The molecule has 0 spiro atoms. The van der Waals surface area contributed by atoms with Gasteiger partial charge in [0.05, 0.1) is 0 Å². The van der Waals surface area contributed by atoms with E-state index in [1.54, 1.807) is 13.1 Å². The molecule has 14 heavy (non-hydrogen) atoms. The predicted octanol–water partition coefficient (Wildman–Crippen LogP) is 0.986. The number of nitrogens with one attached hydrogen (secondary N) is 1. The number of aromatic nitrogens is 1. The predicted molar refractivity (Wildman–Crippen MR) is 60.6 cm³/mol. The van der Waals surface area contributed by atoms with Gasteiger partial charge in [0.25, 0.3) is 0 Å². The Kier molecular flexibility index (Phi) is 3.53. The van der Waals surface area contributed by atoms with Crippen molar-refractivity contribution in [3.8, 4) is 0 Å². The molecule has 0 saturated carbocycles. The van der Waals surface area contributed by atoms with E-state index in [2.05, 4.69) is 25.1 Å². The van der Waals surface area contributed by atoms with Crippen LogP contribution in [0.15, 0.2) is 18.2 Å². The Balaban J connectivity index is 3.08. The van der Waals surface area contributed by atoms with Crippen molar-refractivity contribution in [1.82, 2.24) is 10.3 Å². The van der Waals surface area contributed by atoms with Crippen molar-refractivity contribution in [1.29, 1.82) is 0 Å². The van der Waals surface area contributed by atoms with Gasteiger partial charge in [-0.3, -0.25) is 0 Å². The Morgan fingerprint density at radius 2 is 2.00 bits per heavy atom. The fourth-order valence-electron chi connectivity index (χ4n) is 1.11. The van der Waals surface area contributed by atoms with E-state index in [-0.39, 0.29) is 5.91 Å². The van der Waals surface area contributed by atoms with E-state index in [0.717, 1.165) is 3.71 Å². The van der Waals surface area contributed by atoms with Crippen LogP contribution < -0.4 is 9.03 Å². The molecular weight excluding hydrogens is 283 g/mol. The summed E-state index contributed by atoms with van der Waals surface area (Å²) in [6.07, 6.45) is 0. The first-order chi connectivity index (χ1) is 6.45. The number of amides is 1. The number of pyridine rings is 1. The van der Waals surface area contributed by atoms with E-state index in [4.69, 9.17) is 0 Å². The third-order valence-electron chi connectivity index (χ3n) is 1.98. The van der Waals surface area contributed by atoms with Crippen LogP contribution in [0.4, 0.5) is 0 Å². The van der Waals surface area contributed by atoms with Crippen LogP contribution in [0.5, 0.6) is 0 Å². The Hall–Kier alpha value is -0.581. The molecule has 0 aromatic carbocycles. The molecular formula is C10H16N2OSn. The molecule has 76 valence electrons. The molecule has 1 amide bonds. The molecule has 0 bridgehead atoms. The van der Waals surface area contributed by atoms with E-state index in [1.807, 2.05) is 12.1 Å². The van der Waals surface area contributed by atoms with Crippen molar-refractivity contribution in [2.24, 2.45) is 0 Å². The summed E-state index contributed by atoms with van der Waals surface area (Å²) in [6.45, 7) is 0. The summed E-state index contributed by atoms with van der Waals surface area (Å²) in [6, 6.07) is 5.69. The van der Waals surface area contributed by atoms with Crippen molar-refractivity contribution >= 4 is 28.0 Å². The Labute approximate surface area is 88.8 Å². The third kappa shape index (κ3) is 2.70. The van der Waals surface area contributed by atoms with Gasteiger partial charge in [-0.25, -0.2) is 0 Å². The zero-order chi connectivity index (χ0) is 10.8. The van der Waals surface area contributed by atoms with E-state index < -0.39 is 18.4 Å². The average molecular weight is 299 g/mol. The summed E-state index contributed by atoms with van der Waals surface area (Å²) in [5.74, 6) is -0.109. The second kappa shape index (κ2) is 4.29. The number of rotatable bonds is 2. The van der Waals surface area contributed by atoms with Crippen molar-refractivity contribution in [2.45, 2.75) is 14.8 Å². The number of carbonyl (C=O) groups excluding carboxylic acids is 1. The first-order valence-corrected chi connectivity index (χ1v) is 14.6. The molecule has 0 unspecified atom stereocenters. The van der Waals surface area contributed by atoms with Gasteiger partial charge in [0.15, 0.2) is 0 Å². The Morgan fingerprint density at radius 1 is 1.36 bits per heavy atom. The van der Waals surface area contributed by atoms with Crippen LogP contribution in [0.25, 0.3) is 0 Å². The molecule has 0 fully saturated rings. The van der Waals surface area contributed by atoms with Crippen LogP contribution in [0.1, 0.15) is 10.5 Å². The molecule has 1 N–H and O–H groups in total. The van der Waals surface area contributed by atoms with Gasteiger partial charge in [-0.1, -0.05) is 0 Å². The van der Waals surface area contributed by atoms with Gasteiger partial charge >= 0.3 is 88.8 Å². The Morgan fingerprint density at radius 3 is 2.50 bits per heavy atom. The summed E-state index contributed by atoms with van der Waals surface area (Å²) in [4.78, 5) is 22.6. The minimum atomic E-state index is -2.13. The van der Waals surface area contributed by atoms with E-state index in [1.165, 1.54) is 0 Å². The molecule has 0 atom stereocenters. The first-order valence-electron chi connectivity index (χ1n) is 4.65. The number of carbonyl (C=O) groups is 1. The van der Waals surface area contributed by atoms with E-state index in [0.29, 0.717) is 5.69 Å². The SMILES string of the molecule is CNC(=O)c1ccc[c]([Sn]([CH3])([CH3])[CH3])n1. The van der Waals surface area contributed by atoms with Crippen LogP contribution >= 0.6 is 0 Å². The molecule has 1 aromatic rings. The molecule has 1 rings (SSSR count). The first kappa shape index (κ1) is 11.5. The van der Waals surface area contributed by atoms with Gasteiger partial charge < -0.3 is 0 Å². The average Bonchev–Trinajstić information content (AvgIpc) is 2.15. The molecule has 0 aliphatic heterocycles. The second-order valence-corrected chi connectivity index (χ2v) is 18.5. The minimum absolute atomic E-state index is 0.109. The van der Waals surface area contributed by atoms with Crippen LogP contribution in [-0.2, 0) is 0 Å². The second-order valence-electron chi connectivity index (χ2n) is 4.24. The number of hydrogen-bond donors (Lipinski definition) is 1. The third-order valence-corrected chi connectivity index (χ3v) is 7.16. The van der Waals surface area contributed by atoms with Crippen molar-refractivity contribution in [2.75, 3.05) is 7.05 Å². The van der Waals surface area contributed by atoms with Crippen LogP contribution in [-0.4, -0.2) is 36.3 Å². The van der Waals surface area contributed by atoms with Crippen molar-refractivity contribution in [3.63, 3.8) is 0 Å². The summed E-state index contributed by atoms with van der Waals surface area (Å²) >= 11 is -2.13. The van der Waals surface area contributed by atoms with Gasteiger partial charge in [0.2, 0.25) is 0 Å². The molecule has 0 aliphatic rings. The monoisotopic (exact) mass is 300 g/mol.